The van der Waals surface area contributed by atoms with E-state index in [2.05, 4.69) is 0 Å². The summed E-state index contributed by atoms with van der Waals surface area (Å²) in [5.74, 6) is 0.897. The molecule has 3 aromatic carbocycles. The Hall–Kier alpha value is -3.33. The second kappa shape index (κ2) is 7.97. The fourth-order valence-electron chi connectivity index (χ4n) is 2.43. The molecule has 3 aromatic rings. The van der Waals surface area contributed by atoms with Gasteiger partial charge in [-0.05, 0) is 35.4 Å². The van der Waals surface area contributed by atoms with Crippen molar-refractivity contribution < 1.29 is 14.3 Å². The van der Waals surface area contributed by atoms with Crippen LogP contribution >= 0.6 is 0 Å². The van der Waals surface area contributed by atoms with Gasteiger partial charge in [-0.25, -0.2) is 4.79 Å². The molecule has 3 rings (SSSR count). The van der Waals surface area contributed by atoms with Gasteiger partial charge < -0.3 is 9.47 Å². The lowest BCUT2D eigenvalue weighted by atomic mass is 10.1. The van der Waals surface area contributed by atoms with E-state index >= 15 is 0 Å². The lowest BCUT2D eigenvalue weighted by Gasteiger charge is -2.08. The Labute approximate surface area is 147 Å². The minimum atomic E-state index is -0.417. The average molecular weight is 330 g/mol. The summed E-state index contributed by atoms with van der Waals surface area (Å²) in [6, 6.07) is 24.8. The van der Waals surface area contributed by atoms with E-state index in [0.717, 1.165) is 22.4 Å². The quantitative estimate of drug-likeness (QED) is 0.376. The van der Waals surface area contributed by atoms with Crippen LogP contribution in [0.15, 0.2) is 84.9 Å². The molecule has 0 saturated heterocycles. The zero-order valence-electron chi connectivity index (χ0n) is 13.9. The van der Waals surface area contributed by atoms with Crippen molar-refractivity contribution in [1.82, 2.24) is 0 Å². The molecular weight excluding hydrogens is 312 g/mol. The second-order valence-electron chi connectivity index (χ2n) is 5.39. The van der Waals surface area contributed by atoms with Gasteiger partial charge in [0.15, 0.2) is 0 Å². The Morgan fingerprint density at radius 2 is 1.52 bits per heavy atom. The predicted octanol–water partition coefficient (Wildman–Crippen LogP) is 4.98. The largest absolute Gasteiger partial charge is 0.497 e. The molecule has 0 N–H and O–H groups in total. The summed E-state index contributed by atoms with van der Waals surface area (Å²) in [6.07, 6.45) is 3.14. The maximum Gasteiger partial charge on any atom is 0.336 e. The van der Waals surface area contributed by atoms with Crippen molar-refractivity contribution in [3.8, 4) is 22.6 Å². The highest BCUT2D eigenvalue weighted by Crippen LogP contribution is 2.29. The van der Waals surface area contributed by atoms with Gasteiger partial charge in [0.1, 0.15) is 11.5 Å². The van der Waals surface area contributed by atoms with Crippen molar-refractivity contribution in [2.75, 3.05) is 7.11 Å². The number of para-hydroxylation sites is 1. The molecule has 0 aliphatic heterocycles. The van der Waals surface area contributed by atoms with Crippen LogP contribution in [0.5, 0.6) is 11.5 Å². The summed E-state index contributed by atoms with van der Waals surface area (Å²) < 4.78 is 10.6. The zero-order valence-corrected chi connectivity index (χ0v) is 13.9. The molecule has 0 bridgehead atoms. The SMILES string of the molecule is COc1ccc(/C=C/C(=O)Oc2ccccc2-c2ccccc2)cc1. The summed E-state index contributed by atoms with van der Waals surface area (Å²) in [6.45, 7) is 0. The van der Waals surface area contributed by atoms with E-state index in [1.165, 1.54) is 6.08 Å². The van der Waals surface area contributed by atoms with Crippen LogP contribution in [0.2, 0.25) is 0 Å². The minimum absolute atomic E-state index is 0.417. The molecule has 0 unspecified atom stereocenters. The molecule has 25 heavy (non-hydrogen) atoms. The van der Waals surface area contributed by atoms with E-state index in [1.54, 1.807) is 19.3 Å². The van der Waals surface area contributed by atoms with Gasteiger partial charge in [0.05, 0.1) is 7.11 Å². The number of rotatable bonds is 5. The molecule has 0 amide bonds. The number of benzene rings is 3. The number of hydrogen-bond acceptors (Lipinski definition) is 3. The Morgan fingerprint density at radius 1 is 0.840 bits per heavy atom. The minimum Gasteiger partial charge on any atom is -0.497 e. The fraction of sp³-hybridized carbons (Fsp3) is 0.0455. The molecule has 0 heterocycles. The van der Waals surface area contributed by atoms with Crippen molar-refractivity contribution in [2.45, 2.75) is 0 Å². The molecule has 0 saturated carbocycles. The van der Waals surface area contributed by atoms with Crippen LogP contribution in [-0.4, -0.2) is 13.1 Å². The average Bonchev–Trinajstić information content (AvgIpc) is 2.68. The van der Waals surface area contributed by atoms with Gasteiger partial charge in [-0.2, -0.15) is 0 Å². The standard InChI is InChI=1S/C22H18O3/c1-24-19-14-11-17(12-15-19)13-16-22(23)25-21-10-6-5-9-20(21)18-7-3-2-4-8-18/h2-16H,1H3/b16-13+. The summed E-state index contributed by atoms with van der Waals surface area (Å²) in [4.78, 5) is 12.2. The summed E-state index contributed by atoms with van der Waals surface area (Å²) in [5, 5.41) is 0. The summed E-state index contributed by atoms with van der Waals surface area (Å²) in [5.41, 5.74) is 2.79. The molecule has 0 aliphatic carbocycles. The molecule has 3 nitrogen and oxygen atoms in total. The third kappa shape index (κ3) is 4.36. The fourth-order valence-corrected chi connectivity index (χ4v) is 2.43. The highest BCUT2D eigenvalue weighted by molar-refractivity contribution is 5.90. The molecule has 0 spiro atoms. The predicted molar refractivity (Wildman–Crippen MR) is 99.5 cm³/mol. The van der Waals surface area contributed by atoms with Crippen molar-refractivity contribution >= 4 is 12.0 Å². The Bertz CT molecular complexity index is 865. The van der Waals surface area contributed by atoms with E-state index in [-0.39, 0.29) is 0 Å². The summed E-state index contributed by atoms with van der Waals surface area (Å²) in [7, 11) is 1.62. The van der Waals surface area contributed by atoms with Crippen LogP contribution in [0, 0.1) is 0 Å². The van der Waals surface area contributed by atoms with E-state index in [0.29, 0.717) is 5.75 Å². The molecular formula is C22H18O3. The van der Waals surface area contributed by atoms with Gasteiger partial charge in [0.25, 0.3) is 0 Å². The van der Waals surface area contributed by atoms with Crippen LogP contribution in [0.4, 0.5) is 0 Å². The number of carbonyl (C=O) groups is 1. The molecule has 0 radical (unpaired) electrons. The number of ether oxygens (including phenoxy) is 2. The molecule has 0 atom stereocenters. The van der Waals surface area contributed by atoms with Gasteiger partial charge >= 0.3 is 5.97 Å². The first-order valence-corrected chi connectivity index (χ1v) is 7.94. The van der Waals surface area contributed by atoms with E-state index in [4.69, 9.17) is 9.47 Å². The molecule has 124 valence electrons. The zero-order chi connectivity index (χ0) is 17.5. The first kappa shape index (κ1) is 16.5. The molecule has 0 fully saturated rings. The third-order valence-corrected chi connectivity index (χ3v) is 3.71. The van der Waals surface area contributed by atoms with Crippen molar-refractivity contribution in [2.24, 2.45) is 0 Å². The first-order chi connectivity index (χ1) is 12.3. The van der Waals surface area contributed by atoms with Crippen LogP contribution in [0.3, 0.4) is 0 Å². The highest BCUT2D eigenvalue weighted by atomic mass is 16.5. The summed E-state index contributed by atoms with van der Waals surface area (Å²) >= 11 is 0. The number of carbonyl (C=O) groups excluding carboxylic acids is 1. The van der Waals surface area contributed by atoms with Crippen LogP contribution in [-0.2, 0) is 4.79 Å². The Morgan fingerprint density at radius 3 is 2.24 bits per heavy atom. The van der Waals surface area contributed by atoms with E-state index in [9.17, 15) is 4.79 Å². The number of methoxy groups -OCH3 is 1. The van der Waals surface area contributed by atoms with Gasteiger partial charge in [-0.15, -0.1) is 0 Å². The van der Waals surface area contributed by atoms with Crippen LogP contribution in [0.25, 0.3) is 17.2 Å². The highest BCUT2D eigenvalue weighted by Gasteiger charge is 2.08. The maximum absolute atomic E-state index is 12.2. The third-order valence-electron chi connectivity index (χ3n) is 3.71. The van der Waals surface area contributed by atoms with Gasteiger partial charge in [0.2, 0.25) is 0 Å². The van der Waals surface area contributed by atoms with E-state index in [1.807, 2.05) is 72.8 Å². The number of hydrogen-bond donors (Lipinski definition) is 0. The smallest absolute Gasteiger partial charge is 0.336 e. The van der Waals surface area contributed by atoms with Crippen molar-refractivity contribution in [3.05, 3.63) is 90.5 Å². The molecule has 3 heteroatoms. The maximum atomic E-state index is 12.2. The van der Waals surface area contributed by atoms with E-state index < -0.39 is 5.97 Å². The normalized spacial score (nSPS) is 10.6. The molecule has 0 aromatic heterocycles. The topological polar surface area (TPSA) is 35.5 Å². The van der Waals surface area contributed by atoms with Crippen LogP contribution in [0.1, 0.15) is 5.56 Å². The van der Waals surface area contributed by atoms with Gasteiger partial charge in [-0.3, -0.25) is 0 Å². The molecule has 0 aliphatic rings. The van der Waals surface area contributed by atoms with Crippen molar-refractivity contribution in [3.63, 3.8) is 0 Å². The van der Waals surface area contributed by atoms with Gasteiger partial charge in [0, 0.05) is 11.6 Å². The first-order valence-electron chi connectivity index (χ1n) is 7.94. The Balaban J connectivity index is 1.74. The van der Waals surface area contributed by atoms with Crippen LogP contribution < -0.4 is 9.47 Å². The van der Waals surface area contributed by atoms with Gasteiger partial charge in [-0.1, -0.05) is 60.7 Å². The lowest BCUT2D eigenvalue weighted by Crippen LogP contribution is -2.04. The monoisotopic (exact) mass is 330 g/mol. The lowest BCUT2D eigenvalue weighted by molar-refractivity contribution is -0.128. The number of esters is 1. The Kier molecular flexibility index (Phi) is 5.27. The van der Waals surface area contributed by atoms with Crippen molar-refractivity contribution in [1.29, 1.82) is 0 Å². The second-order valence-corrected chi connectivity index (χ2v) is 5.39.